The molecule has 0 fully saturated rings. The highest BCUT2D eigenvalue weighted by Gasteiger charge is 2.18. The standard InChI is InChI=1S/C13H20N2S/c1-13(2,3)12-15-9-11(16-12)8-14-10-6-4-5-7-10/h4-5,9-10,14H,6-8H2,1-3H3. The molecule has 0 unspecified atom stereocenters. The first-order valence-electron chi connectivity index (χ1n) is 5.89. The molecule has 1 aliphatic rings. The Bertz CT molecular complexity index is 366. The van der Waals surface area contributed by atoms with Crippen molar-refractivity contribution in [1.29, 1.82) is 0 Å². The summed E-state index contributed by atoms with van der Waals surface area (Å²) in [4.78, 5) is 5.84. The van der Waals surface area contributed by atoms with Crippen molar-refractivity contribution < 1.29 is 0 Å². The summed E-state index contributed by atoms with van der Waals surface area (Å²) in [5.41, 5.74) is 0.178. The van der Waals surface area contributed by atoms with E-state index in [0.29, 0.717) is 6.04 Å². The topological polar surface area (TPSA) is 24.9 Å². The lowest BCUT2D eigenvalue weighted by molar-refractivity contribution is 0.541. The molecule has 0 saturated carbocycles. The highest BCUT2D eigenvalue weighted by atomic mass is 32.1. The van der Waals surface area contributed by atoms with E-state index in [1.807, 2.05) is 17.5 Å². The van der Waals surface area contributed by atoms with Gasteiger partial charge in [0.2, 0.25) is 0 Å². The van der Waals surface area contributed by atoms with Gasteiger partial charge in [0.15, 0.2) is 0 Å². The van der Waals surface area contributed by atoms with Gasteiger partial charge in [0.05, 0.1) is 5.01 Å². The summed E-state index contributed by atoms with van der Waals surface area (Å²) < 4.78 is 0. The fourth-order valence-corrected chi connectivity index (χ4v) is 2.69. The molecule has 0 atom stereocenters. The molecule has 1 heterocycles. The van der Waals surface area contributed by atoms with Gasteiger partial charge in [-0.05, 0) is 12.8 Å². The fourth-order valence-electron chi connectivity index (χ4n) is 1.76. The number of hydrogen-bond acceptors (Lipinski definition) is 3. The molecule has 1 aliphatic carbocycles. The van der Waals surface area contributed by atoms with Crippen LogP contribution in [0.4, 0.5) is 0 Å². The predicted molar refractivity (Wildman–Crippen MR) is 69.8 cm³/mol. The molecule has 88 valence electrons. The molecule has 0 saturated heterocycles. The smallest absolute Gasteiger partial charge is 0.0981 e. The summed E-state index contributed by atoms with van der Waals surface area (Å²) in [6.45, 7) is 7.60. The maximum atomic E-state index is 4.50. The van der Waals surface area contributed by atoms with Crippen LogP contribution in [0, 0.1) is 0 Å². The number of aromatic nitrogens is 1. The van der Waals surface area contributed by atoms with E-state index in [0.717, 1.165) is 6.54 Å². The van der Waals surface area contributed by atoms with Gasteiger partial charge in [-0.25, -0.2) is 4.98 Å². The van der Waals surface area contributed by atoms with Crippen LogP contribution in [-0.2, 0) is 12.0 Å². The largest absolute Gasteiger partial charge is 0.308 e. The molecule has 2 rings (SSSR count). The summed E-state index contributed by atoms with van der Waals surface area (Å²) >= 11 is 1.83. The van der Waals surface area contributed by atoms with E-state index in [-0.39, 0.29) is 5.41 Å². The van der Waals surface area contributed by atoms with Crippen molar-refractivity contribution in [3.05, 3.63) is 28.2 Å². The molecule has 3 heteroatoms. The van der Waals surface area contributed by atoms with Crippen LogP contribution >= 0.6 is 11.3 Å². The Kier molecular flexibility index (Phi) is 3.45. The van der Waals surface area contributed by atoms with Crippen LogP contribution in [0.2, 0.25) is 0 Å². The Hall–Kier alpha value is -0.670. The molecule has 1 N–H and O–H groups in total. The first-order chi connectivity index (χ1) is 7.55. The number of rotatable bonds is 3. The third-order valence-electron chi connectivity index (χ3n) is 2.77. The molecule has 1 aromatic rings. The van der Waals surface area contributed by atoms with Crippen LogP contribution in [0.1, 0.15) is 43.5 Å². The third-order valence-corrected chi connectivity index (χ3v) is 4.19. The van der Waals surface area contributed by atoms with Gasteiger partial charge in [0.25, 0.3) is 0 Å². The van der Waals surface area contributed by atoms with Crippen LogP contribution in [-0.4, -0.2) is 11.0 Å². The van der Waals surface area contributed by atoms with Crippen molar-refractivity contribution in [2.75, 3.05) is 0 Å². The molecular weight excluding hydrogens is 216 g/mol. The molecular formula is C13H20N2S. The molecule has 0 amide bonds. The number of nitrogens with zero attached hydrogens (tertiary/aromatic N) is 1. The number of hydrogen-bond donors (Lipinski definition) is 1. The zero-order chi connectivity index (χ0) is 11.6. The van der Waals surface area contributed by atoms with Crippen LogP contribution in [0.3, 0.4) is 0 Å². The van der Waals surface area contributed by atoms with E-state index in [1.165, 1.54) is 22.7 Å². The molecule has 0 spiro atoms. The quantitative estimate of drug-likeness (QED) is 0.815. The van der Waals surface area contributed by atoms with Crippen LogP contribution in [0.25, 0.3) is 0 Å². The second-order valence-corrected chi connectivity index (χ2v) is 6.52. The summed E-state index contributed by atoms with van der Waals surface area (Å²) in [5.74, 6) is 0. The second kappa shape index (κ2) is 4.68. The van der Waals surface area contributed by atoms with Crippen molar-refractivity contribution in [2.45, 2.75) is 51.6 Å². The van der Waals surface area contributed by atoms with Crippen molar-refractivity contribution in [3.8, 4) is 0 Å². The Morgan fingerprint density at radius 2 is 2.06 bits per heavy atom. The molecule has 16 heavy (non-hydrogen) atoms. The van der Waals surface area contributed by atoms with E-state index in [9.17, 15) is 0 Å². The SMILES string of the molecule is CC(C)(C)c1ncc(CNC2CC=CC2)s1. The minimum absolute atomic E-state index is 0.178. The zero-order valence-corrected chi connectivity index (χ0v) is 11.1. The third kappa shape index (κ3) is 2.92. The van der Waals surface area contributed by atoms with E-state index in [4.69, 9.17) is 0 Å². The lowest BCUT2D eigenvalue weighted by Gasteiger charge is -2.13. The van der Waals surface area contributed by atoms with Gasteiger partial charge in [-0.3, -0.25) is 0 Å². The summed E-state index contributed by atoms with van der Waals surface area (Å²) in [6, 6.07) is 0.639. The van der Waals surface area contributed by atoms with Gasteiger partial charge < -0.3 is 5.32 Å². The zero-order valence-electron chi connectivity index (χ0n) is 10.3. The molecule has 0 bridgehead atoms. The lowest BCUT2D eigenvalue weighted by Crippen LogP contribution is -2.25. The lowest BCUT2D eigenvalue weighted by atomic mass is 9.98. The molecule has 1 aromatic heterocycles. The van der Waals surface area contributed by atoms with Gasteiger partial charge >= 0.3 is 0 Å². The van der Waals surface area contributed by atoms with Crippen LogP contribution < -0.4 is 5.32 Å². The maximum Gasteiger partial charge on any atom is 0.0981 e. The van der Waals surface area contributed by atoms with Crippen molar-refractivity contribution in [2.24, 2.45) is 0 Å². The molecule has 2 nitrogen and oxygen atoms in total. The normalized spacial score (nSPS) is 17.2. The average Bonchev–Trinajstić information content (AvgIpc) is 2.85. The molecule has 0 aliphatic heterocycles. The van der Waals surface area contributed by atoms with E-state index in [2.05, 4.69) is 43.2 Å². The van der Waals surface area contributed by atoms with Crippen LogP contribution in [0.15, 0.2) is 18.3 Å². The van der Waals surface area contributed by atoms with Crippen molar-refractivity contribution >= 4 is 11.3 Å². The van der Waals surface area contributed by atoms with Crippen molar-refractivity contribution in [1.82, 2.24) is 10.3 Å². The van der Waals surface area contributed by atoms with Gasteiger partial charge in [-0.1, -0.05) is 32.9 Å². The molecule has 0 aromatic carbocycles. The maximum absolute atomic E-state index is 4.50. The first kappa shape index (κ1) is 11.8. The Labute approximate surface area is 102 Å². The first-order valence-corrected chi connectivity index (χ1v) is 6.71. The minimum atomic E-state index is 0.178. The van der Waals surface area contributed by atoms with Gasteiger partial charge in [0, 0.05) is 29.1 Å². The average molecular weight is 236 g/mol. The summed E-state index contributed by atoms with van der Waals surface area (Å²) in [5, 5.41) is 4.80. The summed E-state index contributed by atoms with van der Waals surface area (Å²) in [7, 11) is 0. The Balaban J connectivity index is 1.88. The highest BCUT2D eigenvalue weighted by molar-refractivity contribution is 7.11. The monoisotopic (exact) mass is 236 g/mol. The highest BCUT2D eigenvalue weighted by Crippen LogP contribution is 2.26. The predicted octanol–water partition coefficient (Wildman–Crippen LogP) is 3.25. The van der Waals surface area contributed by atoms with Gasteiger partial charge in [0.1, 0.15) is 0 Å². The van der Waals surface area contributed by atoms with Gasteiger partial charge in [-0.15, -0.1) is 11.3 Å². The fraction of sp³-hybridized carbons (Fsp3) is 0.615. The minimum Gasteiger partial charge on any atom is -0.308 e. The van der Waals surface area contributed by atoms with Crippen molar-refractivity contribution in [3.63, 3.8) is 0 Å². The van der Waals surface area contributed by atoms with E-state index in [1.54, 1.807) is 0 Å². The van der Waals surface area contributed by atoms with E-state index >= 15 is 0 Å². The van der Waals surface area contributed by atoms with Gasteiger partial charge in [-0.2, -0.15) is 0 Å². The van der Waals surface area contributed by atoms with Crippen LogP contribution in [0.5, 0.6) is 0 Å². The van der Waals surface area contributed by atoms with E-state index < -0.39 is 0 Å². The number of nitrogens with one attached hydrogen (secondary N) is 1. The second-order valence-electron chi connectivity index (χ2n) is 5.40. The summed E-state index contributed by atoms with van der Waals surface area (Å²) in [6.07, 6.45) is 8.87. The number of thiazole rings is 1. The Morgan fingerprint density at radius 1 is 1.38 bits per heavy atom. The Morgan fingerprint density at radius 3 is 2.62 bits per heavy atom. The molecule has 0 radical (unpaired) electrons.